The van der Waals surface area contributed by atoms with Crippen LogP contribution in [0.5, 0.6) is 0 Å². The number of hydrogen-bond donors (Lipinski definition) is 2. The maximum Gasteiger partial charge on any atom is 0.221 e. The molecule has 2 unspecified atom stereocenters. The maximum atomic E-state index is 11.7. The van der Waals surface area contributed by atoms with Crippen LogP contribution in [-0.4, -0.2) is 56.2 Å². The van der Waals surface area contributed by atoms with Gasteiger partial charge in [-0.1, -0.05) is 6.92 Å². The van der Waals surface area contributed by atoms with Crippen LogP contribution in [0.1, 0.15) is 39.0 Å². The van der Waals surface area contributed by atoms with Gasteiger partial charge in [-0.05, 0) is 32.7 Å². The molecule has 1 saturated heterocycles. The maximum absolute atomic E-state index is 11.7. The second-order valence-corrected chi connectivity index (χ2v) is 5.37. The lowest BCUT2D eigenvalue weighted by molar-refractivity contribution is -0.122. The number of nitrogens with one attached hydrogen (secondary N) is 1. The first-order valence-corrected chi connectivity index (χ1v) is 7.46. The molecule has 0 aromatic carbocycles. The number of nitrogens with zero attached hydrogens (tertiary/aromatic N) is 1. The summed E-state index contributed by atoms with van der Waals surface area (Å²) in [6.45, 7) is 5.02. The van der Waals surface area contributed by atoms with Crippen molar-refractivity contribution in [3.8, 4) is 0 Å². The summed E-state index contributed by atoms with van der Waals surface area (Å²) < 4.78 is 5.73. The highest BCUT2D eigenvalue weighted by Crippen LogP contribution is 2.14. The van der Waals surface area contributed by atoms with Crippen LogP contribution < -0.4 is 11.1 Å². The quantitative estimate of drug-likeness (QED) is 0.683. The Labute approximate surface area is 116 Å². The summed E-state index contributed by atoms with van der Waals surface area (Å²) in [5.74, 6) is 0.0914. The molecular weight excluding hydrogens is 242 g/mol. The van der Waals surface area contributed by atoms with Crippen molar-refractivity contribution in [1.29, 1.82) is 0 Å². The van der Waals surface area contributed by atoms with E-state index < -0.39 is 0 Å². The van der Waals surface area contributed by atoms with Crippen molar-refractivity contribution in [2.75, 3.05) is 33.3 Å². The van der Waals surface area contributed by atoms with Crippen LogP contribution >= 0.6 is 0 Å². The van der Waals surface area contributed by atoms with Crippen LogP contribution in [0.3, 0.4) is 0 Å². The molecule has 0 saturated carbocycles. The molecule has 0 aliphatic carbocycles. The predicted molar refractivity (Wildman–Crippen MR) is 77.0 cm³/mol. The molecule has 0 aromatic heterocycles. The van der Waals surface area contributed by atoms with Gasteiger partial charge in [0, 0.05) is 38.7 Å². The standard InChI is InChI=1S/C14H29N3O2/c1-3-7-16-14(18)9-12(10-15)17(2)11-13-6-4-5-8-19-13/h12-13H,3-11,15H2,1-2H3,(H,16,18). The van der Waals surface area contributed by atoms with Gasteiger partial charge in [0.15, 0.2) is 0 Å². The van der Waals surface area contributed by atoms with Crippen molar-refractivity contribution in [3.05, 3.63) is 0 Å². The zero-order valence-electron chi connectivity index (χ0n) is 12.4. The number of likely N-dealkylation sites (N-methyl/N-ethyl adjacent to an activating group) is 1. The largest absolute Gasteiger partial charge is 0.377 e. The second-order valence-electron chi connectivity index (χ2n) is 5.37. The second kappa shape index (κ2) is 9.28. The molecule has 1 fully saturated rings. The number of amides is 1. The highest BCUT2D eigenvalue weighted by atomic mass is 16.5. The average molecular weight is 271 g/mol. The van der Waals surface area contributed by atoms with Crippen molar-refractivity contribution >= 4 is 5.91 Å². The van der Waals surface area contributed by atoms with Crippen LogP contribution in [0, 0.1) is 0 Å². The Bertz CT molecular complexity index is 255. The lowest BCUT2D eigenvalue weighted by atomic mass is 10.1. The fraction of sp³-hybridized carbons (Fsp3) is 0.929. The van der Waals surface area contributed by atoms with Crippen molar-refractivity contribution in [2.24, 2.45) is 5.73 Å². The zero-order chi connectivity index (χ0) is 14.1. The topological polar surface area (TPSA) is 67.6 Å². The lowest BCUT2D eigenvalue weighted by Crippen LogP contribution is -2.45. The fourth-order valence-electron chi connectivity index (χ4n) is 2.39. The van der Waals surface area contributed by atoms with E-state index in [2.05, 4.69) is 10.2 Å². The van der Waals surface area contributed by atoms with E-state index in [1.165, 1.54) is 12.8 Å². The number of rotatable bonds is 8. The summed E-state index contributed by atoms with van der Waals surface area (Å²) in [4.78, 5) is 13.9. The van der Waals surface area contributed by atoms with Crippen molar-refractivity contribution < 1.29 is 9.53 Å². The minimum absolute atomic E-state index is 0.0914. The smallest absolute Gasteiger partial charge is 0.221 e. The molecule has 1 heterocycles. The minimum atomic E-state index is 0.0914. The highest BCUT2D eigenvalue weighted by molar-refractivity contribution is 5.76. The number of carbonyl (C=O) groups excluding carboxylic acids is 1. The molecule has 0 bridgehead atoms. The van der Waals surface area contributed by atoms with Crippen molar-refractivity contribution in [2.45, 2.75) is 51.2 Å². The molecule has 1 amide bonds. The molecule has 3 N–H and O–H groups in total. The fourth-order valence-corrected chi connectivity index (χ4v) is 2.39. The summed E-state index contributed by atoms with van der Waals surface area (Å²) >= 11 is 0. The first-order chi connectivity index (χ1) is 9.17. The Balaban J connectivity index is 2.33. The summed E-state index contributed by atoms with van der Waals surface area (Å²) in [6, 6.07) is 0.0994. The van der Waals surface area contributed by atoms with Crippen molar-refractivity contribution in [1.82, 2.24) is 10.2 Å². The predicted octanol–water partition coefficient (Wildman–Crippen LogP) is 0.731. The first-order valence-electron chi connectivity index (χ1n) is 7.46. The Kier molecular flexibility index (Phi) is 8.02. The van der Waals surface area contributed by atoms with Gasteiger partial charge in [-0.3, -0.25) is 9.69 Å². The minimum Gasteiger partial charge on any atom is -0.377 e. The van der Waals surface area contributed by atoms with Gasteiger partial charge in [-0.25, -0.2) is 0 Å². The molecule has 1 aliphatic heterocycles. The third-order valence-electron chi connectivity index (χ3n) is 3.65. The van der Waals surface area contributed by atoms with Gasteiger partial charge in [0.05, 0.1) is 6.10 Å². The summed E-state index contributed by atoms with van der Waals surface area (Å²) in [7, 11) is 2.03. The van der Waals surface area contributed by atoms with Crippen LogP contribution in [0.25, 0.3) is 0 Å². The van der Waals surface area contributed by atoms with Crippen LogP contribution in [-0.2, 0) is 9.53 Å². The van der Waals surface area contributed by atoms with Gasteiger partial charge in [0.1, 0.15) is 0 Å². The number of carbonyl (C=O) groups is 1. The van der Waals surface area contributed by atoms with Gasteiger partial charge in [-0.2, -0.15) is 0 Å². The Morgan fingerprint density at radius 1 is 1.53 bits per heavy atom. The number of nitrogens with two attached hydrogens (primary N) is 1. The van der Waals surface area contributed by atoms with Crippen LogP contribution in [0.15, 0.2) is 0 Å². The molecule has 0 aromatic rings. The lowest BCUT2D eigenvalue weighted by Gasteiger charge is -2.32. The number of hydrogen-bond acceptors (Lipinski definition) is 4. The van der Waals surface area contributed by atoms with E-state index in [-0.39, 0.29) is 11.9 Å². The van der Waals surface area contributed by atoms with Crippen molar-refractivity contribution in [3.63, 3.8) is 0 Å². The van der Waals surface area contributed by atoms with E-state index in [0.29, 0.717) is 19.1 Å². The van der Waals surface area contributed by atoms with Gasteiger partial charge in [0.2, 0.25) is 5.91 Å². The van der Waals surface area contributed by atoms with Gasteiger partial charge in [-0.15, -0.1) is 0 Å². The normalized spacial score (nSPS) is 21.4. The molecule has 5 heteroatoms. The third-order valence-corrected chi connectivity index (χ3v) is 3.65. The van der Waals surface area contributed by atoms with E-state index in [1.54, 1.807) is 0 Å². The summed E-state index contributed by atoms with van der Waals surface area (Å²) in [5.41, 5.74) is 5.79. The molecule has 0 spiro atoms. The monoisotopic (exact) mass is 271 g/mol. The van der Waals surface area contributed by atoms with Crippen LogP contribution in [0.2, 0.25) is 0 Å². The van der Waals surface area contributed by atoms with E-state index in [0.717, 1.165) is 32.5 Å². The SMILES string of the molecule is CCCNC(=O)CC(CN)N(C)CC1CCCCO1. The number of ether oxygens (including phenoxy) is 1. The molecule has 1 rings (SSSR count). The molecule has 112 valence electrons. The van der Waals surface area contributed by atoms with Gasteiger partial charge >= 0.3 is 0 Å². The molecule has 5 nitrogen and oxygen atoms in total. The highest BCUT2D eigenvalue weighted by Gasteiger charge is 2.22. The Morgan fingerprint density at radius 2 is 2.32 bits per heavy atom. The van der Waals surface area contributed by atoms with E-state index in [4.69, 9.17) is 10.5 Å². The summed E-state index contributed by atoms with van der Waals surface area (Å²) in [6.07, 6.45) is 5.25. The molecular formula is C14H29N3O2. The molecule has 19 heavy (non-hydrogen) atoms. The first kappa shape index (κ1) is 16.4. The van der Waals surface area contributed by atoms with E-state index in [9.17, 15) is 4.79 Å². The van der Waals surface area contributed by atoms with Crippen LogP contribution in [0.4, 0.5) is 0 Å². The van der Waals surface area contributed by atoms with E-state index in [1.807, 2.05) is 14.0 Å². The van der Waals surface area contributed by atoms with Gasteiger partial charge in [0.25, 0.3) is 0 Å². The average Bonchev–Trinajstić information content (AvgIpc) is 2.43. The Morgan fingerprint density at radius 3 is 2.89 bits per heavy atom. The van der Waals surface area contributed by atoms with Gasteiger partial charge < -0.3 is 15.8 Å². The molecule has 0 radical (unpaired) electrons. The molecule has 2 atom stereocenters. The third kappa shape index (κ3) is 6.36. The van der Waals surface area contributed by atoms with E-state index >= 15 is 0 Å². The molecule has 1 aliphatic rings. The zero-order valence-corrected chi connectivity index (χ0v) is 12.4. The Hall–Kier alpha value is -0.650. The summed E-state index contributed by atoms with van der Waals surface area (Å²) in [5, 5.41) is 2.90.